The summed E-state index contributed by atoms with van der Waals surface area (Å²) in [5, 5.41) is 30.9. The van der Waals surface area contributed by atoms with Crippen LogP contribution in [0.1, 0.15) is 34.6 Å². The minimum absolute atomic E-state index is 0.271. The van der Waals surface area contributed by atoms with Gasteiger partial charge in [-0.1, -0.05) is 30.3 Å². The third-order valence-corrected chi connectivity index (χ3v) is 7.16. The molecule has 34 heavy (non-hydrogen) atoms. The highest BCUT2D eigenvalue weighted by Gasteiger charge is 2.46. The number of carbonyl (C=O) groups excluding carboxylic acids is 1. The third kappa shape index (κ3) is 5.21. The van der Waals surface area contributed by atoms with E-state index in [4.69, 9.17) is 9.47 Å². The highest BCUT2D eigenvalue weighted by atomic mass is 32.1. The first kappa shape index (κ1) is 24.5. The lowest BCUT2D eigenvalue weighted by Gasteiger charge is -2.41. The van der Waals surface area contributed by atoms with Crippen LogP contribution in [0, 0.1) is 12.7 Å². The van der Waals surface area contributed by atoms with Crippen LogP contribution in [0.5, 0.6) is 0 Å². The first-order chi connectivity index (χ1) is 16.3. The Labute approximate surface area is 201 Å². The van der Waals surface area contributed by atoms with E-state index in [1.165, 1.54) is 19.1 Å². The van der Waals surface area contributed by atoms with Crippen molar-refractivity contribution in [1.82, 2.24) is 0 Å². The molecule has 4 rings (SSSR count). The molecular formula is C26H27FO6S. The van der Waals surface area contributed by atoms with Gasteiger partial charge < -0.3 is 24.8 Å². The Bertz CT molecular complexity index is 1140. The number of rotatable bonds is 6. The molecule has 8 heteroatoms. The zero-order valence-corrected chi connectivity index (χ0v) is 19.7. The van der Waals surface area contributed by atoms with Gasteiger partial charge in [0.25, 0.3) is 0 Å². The molecule has 6 nitrogen and oxygen atoms in total. The molecule has 1 saturated heterocycles. The van der Waals surface area contributed by atoms with Crippen LogP contribution in [-0.4, -0.2) is 52.3 Å². The summed E-state index contributed by atoms with van der Waals surface area (Å²) < 4.78 is 24.2. The summed E-state index contributed by atoms with van der Waals surface area (Å²) >= 11 is 1.62. The molecule has 0 spiro atoms. The molecule has 0 bridgehead atoms. The number of esters is 1. The van der Waals surface area contributed by atoms with Crippen molar-refractivity contribution < 1.29 is 34.0 Å². The van der Waals surface area contributed by atoms with Crippen molar-refractivity contribution in [3.05, 3.63) is 82.0 Å². The van der Waals surface area contributed by atoms with Crippen LogP contribution in [0.4, 0.5) is 4.39 Å². The van der Waals surface area contributed by atoms with Gasteiger partial charge in [0, 0.05) is 23.1 Å². The van der Waals surface area contributed by atoms with Gasteiger partial charge in [-0.05, 0) is 53.4 Å². The van der Waals surface area contributed by atoms with Crippen molar-refractivity contribution in [3.8, 4) is 10.4 Å². The number of benzene rings is 2. The van der Waals surface area contributed by atoms with Crippen molar-refractivity contribution >= 4 is 17.3 Å². The van der Waals surface area contributed by atoms with Crippen molar-refractivity contribution in [1.29, 1.82) is 0 Å². The lowest BCUT2D eigenvalue weighted by molar-refractivity contribution is -0.240. The fraction of sp³-hybridized carbons (Fsp3) is 0.346. The molecule has 180 valence electrons. The zero-order chi connectivity index (χ0) is 24.4. The molecule has 0 radical (unpaired) electrons. The van der Waals surface area contributed by atoms with Crippen LogP contribution in [0.2, 0.25) is 0 Å². The molecule has 3 aromatic rings. The van der Waals surface area contributed by atoms with E-state index in [0.717, 1.165) is 26.4 Å². The van der Waals surface area contributed by atoms with Crippen molar-refractivity contribution in [2.75, 3.05) is 6.61 Å². The number of hydrogen-bond donors (Lipinski definition) is 3. The molecule has 2 aromatic carbocycles. The quantitative estimate of drug-likeness (QED) is 0.462. The van der Waals surface area contributed by atoms with Crippen LogP contribution < -0.4 is 0 Å². The van der Waals surface area contributed by atoms with Crippen LogP contribution in [-0.2, 0) is 20.7 Å². The molecular weight excluding hydrogens is 459 g/mol. The normalized spacial score (nSPS) is 24.7. The highest BCUT2D eigenvalue weighted by Crippen LogP contribution is 2.36. The monoisotopic (exact) mass is 486 g/mol. The maximum absolute atomic E-state index is 13.2. The van der Waals surface area contributed by atoms with Crippen LogP contribution in [0.15, 0.2) is 54.6 Å². The van der Waals surface area contributed by atoms with Gasteiger partial charge in [-0.25, -0.2) is 4.39 Å². The number of halogens is 1. The Balaban J connectivity index is 1.58. The van der Waals surface area contributed by atoms with Gasteiger partial charge in [0.05, 0.1) is 6.61 Å². The molecule has 1 aliphatic heterocycles. The predicted octanol–water partition coefficient (Wildman–Crippen LogP) is 3.54. The van der Waals surface area contributed by atoms with Gasteiger partial charge in [0.2, 0.25) is 0 Å². The third-order valence-electron chi connectivity index (χ3n) is 6.02. The SMILES string of the molecule is CC(=O)O[C@@H]1[C@@H](O)[C@H](c2ccc(C)c(Cc3ccc(-c4ccc(F)cc4)s3)c2)O[C@H](CO)[C@H]1O. The van der Waals surface area contributed by atoms with Crippen molar-refractivity contribution in [3.63, 3.8) is 0 Å². The van der Waals surface area contributed by atoms with E-state index in [1.807, 2.05) is 37.3 Å². The number of thiophene rings is 1. The van der Waals surface area contributed by atoms with E-state index in [9.17, 15) is 24.5 Å². The van der Waals surface area contributed by atoms with E-state index in [2.05, 4.69) is 0 Å². The second-order valence-corrected chi connectivity index (χ2v) is 9.64. The summed E-state index contributed by atoms with van der Waals surface area (Å²) in [4.78, 5) is 13.7. The zero-order valence-electron chi connectivity index (χ0n) is 18.8. The van der Waals surface area contributed by atoms with E-state index in [1.54, 1.807) is 23.5 Å². The van der Waals surface area contributed by atoms with Gasteiger partial charge in [-0.15, -0.1) is 11.3 Å². The number of ether oxygens (including phenoxy) is 2. The van der Waals surface area contributed by atoms with E-state index < -0.39 is 43.1 Å². The molecule has 0 amide bonds. The summed E-state index contributed by atoms with van der Waals surface area (Å²) in [6.07, 6.45) is -5.10. The molecule has 3 N–H and O–H groups in total. The number of aryl methyl sites for hydroxylation is 1. The Hall–Kier alpha value is -2.62. The Morgan fingerprint density at radius 3 is 2.50 bits per heavy atom. The van der Waals surface area contributed by atoms with Gasteiger partial charge in [-0.2, -0.15) is 0 Å². The molecule has 0 aliphatic carbocycles. The lowest BCUT2D eigenvalue weighted by atomic mass is 9.89. The van der Waals surface area contributed by atoms with Gasteiger partial charge >= 0.3 is 5.97 Å². The van der Waals surface area contributed by atoms with Gasteiger partial charge in [0.1, 0.15) is 30.2 Å². The van der Waals surface area contributed by atoms with Crippen molar-refractivity contribution in [2.45, 2.75) is 50.8 Å². The van der Waals surface area contributed by atoms with Crippen LogP contribution in [0.25, 0.3) is 10.4 Å². The maximum Gasteiger partial charge on any atom is 0.303 e. The summed E-state index contributed by atoms with van der Waals surface area (Å²) in [6.45, 7) is 2.71. The first-order valence-corrected chi connectivity index (χ1v) is 11.8. The fourth-order valence-electron chi connectivity index (χ4n) is 4.18. The molecule has 0 saturated carbocycles. The number of hydrogen-bond acceptors (Lipinski definition) is 7. The molecule has 2 heterocycles. The Morgan fingerprint density at radius 1 is 1.09 bits per heavy atom. The largest absolute Gasteiger partial charge is 0.457 e. The summed E-state index contributed by atoms with van der Waals surface area (Å²) in [5.41, 5.74) is 3.69. The number of aliphatic hydroxyl groups excluding tert-OH is 3. The predicted molar refractivity (Wildman–Crippen MR) is 126 cm³/mol. The topological polar surface area (TPSA) is 96.2 Å². The van der Waals surface area contributed by atoms with E-state index in [0.29, 0.717) is 12.0 Å². The highest BCUT2D eigenvalue weighted by molar-refractivity contribution is 7.15. The Kier molecular flexibility index (Phi) is 7.45. The smallest absolute Gasteiger partial charge is 0.303 e. The Morgan fingerprint density at radius 2 is 1.82 bits per heavy atom. The standard InChI is InChI=1S/C26H27FO6S/c1-14-3-4-17(25-24(31)26(32-15(2)29)23(30)21(13-28)33-25)11-18(14)12-20-9-10-22(34-20)16-5-7-19(27)8-6-16/h3-11,21,23-26,28,30-31H,12-13H2,1-2H3/t21-,23-,24+,25+,26+/m1/s1. The van der Waals surface area contributed by atoms with Gasteiger partial charge in [-0.3, -0.25) is 4.79 Å². The summed E-state index contributed by atoms with van der Waals surface area (Å²) in [7, 11) is 0. The molecule has 0 unspecified atom stereocenters. The molecule has 5 atom stereocenters. The second-order valence-electron chi connectivity index (χ2n) is 8.47. The fourth-order valence-corrected chi connectivity index (χ4v) is 5.22. The average Bonchev–Trinajstić information content (AvgIpc) is 3.27. The summed E-state index contributed by atoms with van der Waals surface area (Å²) in [5.74, 6) is -0.910. The maximum atomic E-state index is 13.2. The average molecular weight is 487 g/mol. The molecule has 1 aliphatic rings. The molecule has 1 aromatic heterocycles. The summed E-state index contributed by atoms with van der Waals surface area (Å²) in [6, 6.07) is 16.1. The second kappa shape index (κ2) is 10.3. The number of aliphatic hydroxyl groups is 3. The first-order valence-electron chi connectivity index (χ1n) is 11.0. The van der Waals surface area contributed by atoms with E-state index >= 15 is 0 Å². The number of carbonyl (C=O) groups is 1. The van der Waals surface area contributed by atoms with Crippen molar-refractivity contribution in [2.24, 2.45) is 0 Å². The van der Waals surface area contributed by atoms with Gasteiger partial charge in [0.15, 0.2) is 6.10 Å². The lowest BCUT2D eigenvalue weighted by Crippen LogP contribution is -2.56. The van der Waals surface area contributed by atoms with Crippen LogP contribution >= 0.6 is 11.3 Å². The minimum Gasteiger partial charge on any atom is -0.457 e. The molecule has 1 fully saturated rings. The van der Waals surface area contributed by atoms with E-state index in [-0.39, 0.29) is 5.82 Å². The van der Waals surface area contributed by atoms with Crippen LogP contribution in [0.3, 0.4) is 0 Å². The minimum atomic E-state index is -1.35.